The zero-order valence-corrected chi connectivity index (χ0v) is 11.1. The summed E-state index contributed by atoms with van der Waals surface area (Å²) >= 11 is 3.37. The number of likely N-dealkylation sites (N-methyl/N-ethyl adjacent to an activating group) is 1. The average Bonchev–Trinajstić information content (AvgIpc) is 2.26. The Bertz CT molecular complexity index is 455. The molecule has 1 N–H and O–H groups in total. The Labute approximate surface area is 109 Å². The third kappa shape index (κ3) is 4.07. The number of carboxylic acid groups (broad SMARTS) is 1. The van der Waals surface area contributed by atoms with Gasteiger partial charge in [0.2, 0.25) is 0 Å². The van der Waals surface area contributed by atoms with Gasteiger partial charge in [-0.2, -0.15) is 0 Å². The molecule has 17 heavy (non-hydrogen) atoms. The lowest BCUT2D eigenvalue weighted by molar-refractivity contribution is -0.131. The topological polar surface area (TPSA) is 40.5 Å². The van der Waals surface area contributed by atoms with Gasteiger partial charge in [0.15, 0.2) is 0 Å². The number of hydrogen-bond acceptors (Lipinski definition) is 2. The molecule has 1 rings (SSSR count). The molecule has 0 bridgehead atoms. The number of rotatable bonds is 5. The molecule has 90 valence electrons. The normalized spacial score (nSPS) is 10.5. The summed E-state index contributed by atoms with van der Waals surface area (Å²) in [6.45, 7) is 4.39. The minimum Gasteiger partial charge on any atom is -0.478 e. The molecule has 0 unspecified atom stereocenters. The number of aliphatic carboxylic acids is 1. The highest BCUT2D eigenvalue weighted by Gasteiger charge is 2.05. The van der Waals surface area contributed by atoms with Gasteiger partial charge in [-0.25, -0.2) is 4.79 Å². The summed E-state index contributed by atoms with van der Waals surface area (Å²) < 4.78 is 0.915. The Morgan fingerprint density at radius 1 is 1.59 bits per heavy atom. The maximum atomic E-state index is 10.5. The monoisotopic (exact) mass is 295 g/mol. The van der Waals surface area contributed by atoms with Gasteiger partial charge in [-0.05, 0) is 29.8 Å². The largest absolute Gasteiger partial charge is 0.478 e. The highest BCUT2D eigenvalue weighted by Crippen LogP contribution is 2.25. The average molecular weight is 296 g/mol. The van der Waals surface area contributed by atoms with Crippen LogP contribution in [0.25, 0.3) is 6.08 Å². The summed E-state index contributed by atoms with van der Waals surface area (Å²) in [7, 11) is 1.93. The lowest BCUT2D eigenvalue weighted by atomic mass is 10.1. The van der Waals surface area contributed by atoms with Crippen LogP contribution in [0.4, 0.5) is 5.69 Å². The van der Waals surface area contributed by atoms with Gasteiger partial charge in [0.05, 0.1) is 0 Å². The summed E-state index contributed by atoms with van der Waals surface area (Å²) in [5, 5.41) is 8.65. The van der Waals surface area contributed by atoms with Crippen molar-refractivity contribution in [3.05, 3.63) is 47.0 Å². The molecule has 0 atom stereocenters. The third-order valence-corrected chi connectivity index (χ3v) is 2.70. The first kappa shape index (κ1) is 13.5. The fourth-order valence-corrected chi connectivity index (χ4v) is 1.84. The first-order valence-electron chi connectivity index (χ1n) is 5.07. The van der Waals surface area contributed by atoms with Crippen LogP contribution < -0.4 is 4.90 Å². The van der Waals surface area contributed by atoms with Crippen LogP contribution in [0.3, 0.4) is 0 Å². The van der Waals surface area contributed by atoms with Crippen LogP contribution in [0.15, 0.2) is 41.4 Å². The minimum atomic E-state index is -0.956. The second kappa shape index (κ2) is 6.25. The highest BCUT2D eigenvalue weighted by atomic mass is 79.9. The summed E-state index contributed by atoms with van der Waals surface area (Å²) in [6.07, 6.45) is 4.52. The Kier molecular flexibility index (Phi) is 4.97. The van der Waals surface area contributed by atoms with Crippen molar-refractivity contribution in [1.82, 2.24) is 0 Å². The number of carbonyl (C=O) groups is 1. The van der Waals surface area contributed by atoms with Crippen molar-refractivity contribution in [3.63, 3.8) is 0 Å². The van der Waals surface area contributed by atoms with Crippen molar-refractivity contribution in [1.29, 1.82) is 0 Å². The Morgan fingerprint density at radius 3 is 2.88 bits per heavy atom. The molecule has 0 saturated carbocycles. The number of benzene rings is 1. The summed E-state index contributed by atoms with van der Waals surface area (Å²) in [5.74, 6) is -0.956. The number of halogens is 1. The van der Waals surface area contributed by atoms with E-state index < -0.39 is 5.97 Å². The van der Waals surface area contributed by atoms with E-state index in [2.05, 4.69) is 22.5 Å². The zero-order chi connectivity index (χ0) is 12.8. The van der Waals surface area contributed by atoms with Crippen LogP contribution in [-0.4, -0.2) is 24.7 Å². The van der Waals surface area contributed by atoms with E-state index in [9.17, 15) is 4.79 Å². The molecule has 0 heterocycles. The fourth-order valence-electron chi connectivity index (χ4n) is 1.46. The standard InChI is InChI=1S/C13H14BrNO2/c1-3-8-15(2)12-6-5-11(14)9-10(12)4-7-13(16)17/h3-7,9H,1,8H2,2H3,(H,16,17)/b7-4+. The van der Waals surface area contributed by atoms with E-state index in [0.717, 1.165) is 21.8 Å². The maximum absolute atomic E-state index is 10.5. The van der Waals surface area contributed by atoms with Crippen LogP contribution >= 0.6 is 15.9 Å². The van der Waals surface area contributed by atoms with Crippen molar-refractivity contribution in [2.75, 3.05) is 18.5 Å². The molecule has 1 aromatic rings. The zero-order valence-electron chi connectivity index (χ0n) is 9.56. The van der Waals surface area contributed by atoms with Crippen LogP contribution in [0, 0.1) is 0 Å². The van der Waals surface area contributed by atoms with Crippen molar-refractivity contribution in [2.24, 2.45) is 0 Å². The van der Waals surface area contributed by atoms with E-state index in [1.165, 1.54) is 0 Å². The molecule has 0 radical (unpaired) electrons. The lowest BCUT2D eigenvalue weighted by Crippen LogP contribution is -2.17. The molecule has 1 aromatic carbocycles. The molecule has 0 aromatic heterocycles. The van der Waals surface area contributed by atoms with Crippen molar-refractivity contribution in [3.8, 4) is 0 Å². The third-order valence-electron chi connectivity index (χ3n) is 2.21. The summed E-state index contributed by atoms with van der Waals surface area (Å²) in [5.41, 5.74) is 1.82. The second-order valence-electron chi connectivity index (χ2n) is 3.54. The quantitative estimate of drug-likeness (QED) is 0.670. The predicted molar refractivity (Wildman–Crippen MR) is 74.3 cm³/mol. The number of nitrogens with zero attached hydrogens (tertiary/aromatic N) is 1. The van der Waals surface area contributed by atoms with Crippen molar-refractivity contribution in [2.45, 2.75) is 0 Å². The fraction of sp³-hybridized carbons (Fsp3) is 0.154. The molecule has 0 amide bonds. The molecule has 0 saturated heterocycles. The summed E-state index contributed by atoms with van der Waals surface area (Å²) in [4.78, 5) is 12.5. The molecule has 0 aliphatic heterocycles. The Morgan fingerprint density at radius 2 is 2.29 bits per heavy atom. The molecule has 0 fully saturated rings. The molecular weight excluding hydrogens is 282 g/mol. The van der Waals surface area contributed by atoms with Gasteiger partial charge in [0, 0.05) is 29.8 Å². The molecular formula is C13H14BrNO2. The number of hydrogen-bond donors (Lipinski definition) is 1. The van der Waals surface area contributed by atoms with Crippen LogP contribution in [0.2, 0.25) is 0 Å². The van der Waals surface area contributed by atoms with Crippen molar-refractivity contribution < 1.29 is 9.90 Å². The molecule has 4 heteroatoms. The Hall–Kier alpha value is -1.55. The van der Waals surface area contributed by atoms with Crippen LogP contribution in [0.1, 0.15) is 5.56 Å². The van der Waals surface area contributed by atoms with Crippen LogP contribution in [-0.2, 0) is 4.79 Å². The van der Waals surface area contributed by atoms with E-state index in [1.54, 1.807) is 12.2 Å². The number of anilines is 1. The second-order valence-corrected chi connectivity index (χ2v) is 4.46. The van der Waals surface area contributed by atoms with Gasteiger partial charge < -0.3 is 10.0 Å². The maximum Gasteiger partial charge on any atom is 0.328 e. The smallest absolute Gasteiger partial charge is 0.328 e. The van der Waals surface area contributed by atoms with Gasteiger partial charge in [-0.3, -0.25) is 0 Å². The number of carboxylic acids is 1. The molecule has 0 aliphatic rings. The lowest BCUT2D eigenvalue weighted by Gasteiger charge is -2.19. The van der Waals surface area contributed by atoms with E-state index in [0.29, 0.717) is 6.54 Å². The first-order chi connectivity index (χ1) is 8.04. The van der Waals surface area contributed by atoms with Gasteiger partial charge >= 0.3 is 5.97 Å². The first-order valence-corrected chi connectivity index (χ1v) is 5.86. The summed E-state index contributed by atoms with van der Waals surface area (Å²) in [6, 6.07) is 5.75. The molecule has 0 aliphatic carbocycles. The van der Waals surface area contributed by atoms with Gasteiger partial charge in [-0.1, -0.05) is 22.0 Å². The van der Waals surface area contributed by atoms with E-state index in [1.807, 2.05) is 30.1 Å². The minimum absolute atomic E-state index is 0.704. The van der Waals surface area contributed by atoms with E-state index >= 15 is 0 Å². The molecule has 0 spiro atoms. The van der Waals surface area contributed by atoms with Gasteiger partial charge in [-0.15, -0.1) is 6.58 Å². The Balaban J connectivity index is 3.11. The molecule has 3 nitrogen and oxygen atoms in total. The van der Waals surface area contributed by atoms with Crippen LogP contribution in [0.5, 0.6) is 0 Å². The highest BCUT2D eigenvalue weighted by molar-refractivity contribution is 9.10. The SMILES string of the molecule is C=CCN(C)c1ccc(Br)cc1/C=C/C(=O)O. The van der Waals surface area contributed by atoms with Gasteiger partial charge in [0.1, 0.15) is 0 Å². The van der Waals surface area contributed by atoms with E-state index in [4.69, 9.17) is 5.11 Å². The predicted octanol–water partition coefficient (Wildman–Crippen LogP) is 3.17. The van der Waals surface area contributed by atoms with E-state index in [-0.39, 0.29) is 0 Å². The van der Waals surface area contributed by atoms with Crippen molar-refractivity contribution >= 4 is 33.7 Å². The van der Waals surface area contributed by atoms with Gasteiger partial charge in [0.25, 0.3) is 0 Å².